The molecule has 2 rings (SSSR count). The zero-order chi connectivity index (χ0) is 11.0. The molecule has 0 saturated heterocycles. The van der Waals surface area contributed by atoms with Crippen LogP contribution in [0.1, 0.15) is 52.9 Å². The second kappa shape index (κ2) is 4.15. The van der Waals surface area contributed by atoms with E-state index in [1.165, 1.54) is 37.7 Å². The van der Waals surface area contributed by atoms with Crippen molar-refractivity contribution in [2.45, 2.75) is 52.9 Å². The van der Waals surface area contributed by atoms with Gasteiger partial charge in [0.25, 0.3) is 0 Å². The minimum atomic E-state index is 0.764. The molecule has 3 atom stereocenters. The first-order chi connectivity index (χ1) is 7.09. The fraction of sp³-hybridized carbons (Fsp3) is 0.733. The zero-order valence-corrected chi connectivity index (χ0v) is 10.5. The van der Waals surface area contributed by atoms with Crippen molar-refractivity contribution in [1.29, 1.82) is 0 Å². The van der Waals surface area contributed by atoms with E-state index in [2.05, 4.69) is 27.4 Å². The van der Waals surface area contributed by atoms with Crippen molar-refractivity contribution >= 4 is 0 Å². The summed E-state index contributed by atoms with van der Waals surface area (Å²) in [7, 11) is 0. The third kappa shape index (κ3) is 2.04. The molecule has 15 heavy (non-hydrogen) atoms. The molecule has 0 spiro atoms. The molecule has 84 valence electrons. The highest BCUT2D eigenvalue weighted by Gasteiger charge is 2.32. The van der Waals surface area contributed by atoms with Gasteiger partial charge in [-0.3, -0.25) is 0 Å². The van der Waals surface area contributed by atoms with Gasteiger partial charge in [0.1, 0.15) is 0 Å². The lowest BCUT2D eigenvalue weighted by molar-refractivity contribution is 0.385. The van der Waals surface area contributed by atoms with E-state index < -0.39 is 0 Å². The van der Waals surface area contributed by atoms with Crippen molar-refractivity contribution in [3.8, 4) is 0 Å². The molecule has 0 nitrogen and oxygen atoms in total. The fourth-order valence-electron chi connectivity index (χ4n) is 3.43. The van der Waals surface area contributed by atoms with Crippen LogP contribution in [0.15, 0.2) is 23.3 Å². The first-order valence-corrected chi connectivity index (χ1v) is 6.43. The highest BCUT2D eigenvalue weighted by molar-refractivity contribution is 5.25. The van der Waals surface area contributed by atoms with Crippen molar-refractivity contribution in [3.05, 3.63) is 23.3 Å². The maximum Gasteiger partial charge on any atom is -0.0171 e. The van der Waals surface area contributed by atoms with Gasteiger partial charge in [0, 0.05) is 0 Å². The normalized spacial score (nSPS) is 36.3. The third-order valence-corrected chi connectivity index (χ3v) is 4.65. The van der Waals surface area contributed by atoms with Crippen LogP contribution in [0.3, 0.4) is 0 Å². The largest absolute Gasteiger partial charge is 0.0998 e. The van der Waals surface area contributed by atoms with E-state index in [1.807, 2.05) is 0 Å². The lowest BCUT2D eigenvalue weighted by Crippen LogP contribution is -2.08. The lowest BCUT2D eigenvalue weighted by atomic mass is 9.86. The Morgan fingerprint density at radius 1 is 1.27 bits per heavy atom. The first-order valence-electron chi connectivity index (χ1n) is 6.43. The Kier molecular flexibility index (Phi) is 3.04. The maximum atomic E-state index is 4.16. The number of fused-ring (bicyclic) bond motifs is 1. The molecule has 0 aliphatic heterocycles. The minimum absolute atomic E-state index is 0.764. The molecule has 2 aliphatic rings. The van der Waals surface area contributed by atoms with Crippen LogP contribution in [0.5, 0.6) is 0 Å². The monoisotopic (exact) mass is 204 g/mol. The van der Waals surface area contributed by atoms with Crippen LogP contribution in [-0.2, 0) is 0 Å². The Labute approximate surface area is 94.5 Å². The molecule has 0 bridgehead atoms. The van der Waals surface area contributed by atoms with E-state index in [0.717, 1.165) is 17.8 Å². The van der Waals surface area contributed by atoms with Gasteiger partial charge in [-0.2, -0.15) is 0 Å². The van der Waals surface area contributed by atoms with Gasteiger partial charge in [0.05, 0.1) is 0 Å². The van der Waals surface area contributed by atoms with Gasteiger partial charge in [-0.25, -0.2) is 0 Å². The van der Waals surface area contributed by atoms with Crippen molar-refractivity contribution in [2.24, 2.45) is 17.8 Å². The van der Waals surface area contributed by atoms with E-state index in [9.17, 15) is 0 Å². The van der Waals surface area contributed by atoms with Crippen LogP contribution in [-0.4, -0.2) is 0 Å². The van der Waals surface area contributed by atoms with Crippen LogP contribution in [0, 0.1) is 17.8 Å². The summed E-state index contributed by atoms with van der Waals surface area (Å²) in [4.78, 5) is 0. The van der Waals surface area contributed by atoms with Crippen LogP contribution in [0.2, 0.25) is 0 Å². The van der Waals surface area contributed by atoms with E-state index in [0.29, 0.717) is 0 Å². The highest BCUT2D eigenvalue weighted by atomic mass is 14.4. The predicted molar refractivity (Wildman–Crippen MR) is 66.7 cm³/mol. The molecule has 0 unspecified atom stereocenters. The molecule has 0 aromatic heterocycles. The van der Waals surface area contributed by atoms with Gasteiger partial charge in [-0.15, -0.1) is 0 Å². The Morgan fingerprint density at radius 3 is 2.67 bits per heavy atom. The van der Waals surface area contributed by atoms with Crippen LogP contribution in [0.4, 0.5) is 0 Å². The van der Waals surface area contributed by atoms with E-state index in [1.54, 1.807) is 11.1 Å². The van der Waals surface area contributed by atoms with Gasteiger partial charge < -0.3 is 0 Å². The molecular weight excluding hydrogens is 180 g/mol. The first kappa shape index (κ1) is 11.0. The third-order valence-electron chi connectivity index (χ3n) is 4.65. The highest BCUT2D eigenvalue weighted by Crippen LogP contribution is 2.46. The number of hydrogen-bond donors (Lipinski definition) is 0. The molecule has 0 aromatic rings. The van der Waals surface area contributed by atoms with E-state index in [4.69, 9.17) is 0 Å². The summed E-state index contributed by atoms with van der Waals surface area (Å²) < 4.78 is 0. The summed E-state index contributed by atoms with van der Waals surface area (Å²) >= 11 is 0. The standard InChI is InChI=1S/C15H24/c1-10(2)13-7-5-11(3)14-8-6-12(4)15(14)9-13/h11,13-14H,1,5-9H2,2-4H3/t11-,13-,14-/m1/s1. The molecule has 0 amide bonds. The summed E-state index contributed by atoms with van der Waals surface area (Å²) in [5, 5.41) is 0. The lowest BCUT2D eigenvalue weighted by Gasteiger charge is -2.19. The SMILES string of the molecule is C=C(C)[C@@H]1CC[C@@H](C)[C@H]2CCC(C)=C2C1. The van der Waals surface area contributed by atoms with E-state index in [-0.39, 0.29) is 0 Å². The number of hydrogen-bond acceptors (Lipinski definition) is 0. The average molecular weight is 204 g/mol. The number of rotatable bonds is 1. The molecule has 1 saturated carbocycles. The Hall–Kier alpha value is -0.520. The Bertz CT molecular complexity index is 295. The minimum Gasteiger partial charge on any atom is -0.0998 e. The van der Waals surface area contributed by atoms with E-state index >= 15 is 0 Å². The van der Waals surface area contributed by atoms with Gasteiger partial charge in [-0.05, 0) is 63.7 Å². The second-order valence-electron chi connectivity index (χ2n) is 5.75. The second-order valence-corrected chi connectivity index (χ2v) is 5.75. The summed E-state index contributed by atoms with van der Waals surface area (Å²) in [5.74, 6) is 2.58. The van der Waals surface area contributed by atoms with Crippen molar-refractivity contribution in [2.75, 3.05) is 0 Å². The summed E-state index contributed by atoms with van der Waals surface area (Å²) in [6, 6.07) is 0. The Balaban J connectivity index is 2.23. The molecule has 0 aromatic carbocycles. The van der Waals surface area contributed by atoms with Crippen molar-refractivity contribution in [1.82, 2.24) is 0 Å². The topological polar surface area (TPSA) is 0 Å². The molecule has 0 heteroatoms. The molecule has 2 aliphatic carbocycles. The van der Waals surface area contributed by atoms with Crippen LogP contribution >= 0.6 is 0 Å². The van der Waals surface area contributed by atoms with Gasteiger partial charge >= 0.3 is 0 Å². The van der Waals surface area contributed by atoms with Crippen molar-refractivity contribution in [3.63, 3.8) is 0 Å². The maximum absolute atomic E-state index is 4.16. The van der Waals surface area contributed by atoms with Crippen LogP contribution in [0.25, 0.3) is 0 Å². The summed E-state index contributed by atoms with van der Waals surface area (Å²) in [5.41, 5.74) is 4.89. The Morgan fingerprint density at radius 2 is 2.00 bits per heavy atom. The average Bonchev–Trinajstić information content (AvgIpc) is 2.43. The predicted octanol–water partition coefficient (Wildman–Crippen LogP) is 4.73. The van der Waals surface area contributed by atoms with Crippen molar-refractivity contribution < 1.29 is 0 Å². The summed E-state index contributed by atoms with van der Waals surface area (Å²) in [6.45, 7) is 11.2. The molecule has 0 N–H and O–H groups in total. The van der Waals surface area contributed by atoms with Gasteiger partial charge in [0.2, 0.25) is 0 Å². The molecule has 0 radical (unpaired) electrons. The quantitative estimate of drug-likeness (QED) is 0.542. The zero-order valence-electron chi connectivity index (χ0n) is 10.5. The molecule has 1 fully saturated rings. The molecule has 0 heterocycles. The van der Waals surface area contributed by atoms with Crippen LogP contribution < -0.4 is 0 Å². The van der Waals surface area contributed by atoms with Gasteiger partial charge in [-0.1, -0.05) is 30.2 Å². The fourth-order valence-corrected chi connectivity index (χ4v) is 3.43. The number of allylic oxidation sites excluding steroid dienone is 3. The smallest absolute Gasteiger partial charge is 0.0171 e. The van der Waals surface area contributed by atoms with Gasteiger partial charge in [0.15, 0.2) is 0 Å². The summed E-state index contributed by atoms with van der Waals surface area (Å²) in [6.07, 6.45) is 6.86. The molecular formula is C15H24.